The Morgan fingerprint density at radius 1 is 1.39 bits per heavy atom. The Morgan fingerprint density at radius 2 is 2.17 bits per heavy atom. The van der Waals surface area contributed by atoms with E-state index in [2.05, 4.69) is 15.0 Å². The maximum atomic E-state index is 13.2. The van der Waals surface area contributed by atoms with Crippen molar-refractivity contribution < 1.29 is 18.3 Å². The highest BCUT2D eigenvalue weighted by Gasteiger charge is 2.04. The van der Waals surface area contributed by atoms with E-state index in [9.17, 15) is 13.6 Å². The standard InChI is InChI=1S/C12H16F2N2O2/c1-18-11(17)5-3-2-4-6-15-12-10(14)7-9(13)8-16-12/h7-8H,2-6H2,1H3,(H,15,16). The Hall–Kier alpha value is -1.72. The summed E-state index contributed by atoms with van der Waals surface area (Å²) in [4.78, 5) is 14.4. The number of aromatic nitrogens is 1. The van der Waals surface area contributed by atoms with E-state index in [1.54, 1.807) is 0 Å². The summed E-state index contributed by atoms with van der Waals surface area (Å²) in [6.07, 6.45) is 3.68. The fourth-order valence-electron chi connectivity index (χ4n) is 1.42. The molecule has 0 unspecified atom stereocenters. The molecule has 1 aromatic rings. The van der Waals surface area contributed by atoms with E-state index in [-0.39, 0.29) is 11.8 Å². The largest absolute Gasteiger partial charge is 0.469 e. The van der Waals surface area contributed by atoms with Crippen LogP contribution in [0.2, 0.25) is 0 Å². The number of esters is 1. The van der Waals surface area contributed by atoms with Crippen molar-refractivity contribution in [3.63, 3.8) is 0 Å². The molecule has 1 heterocycles. The van der Waals surface area contributed by atoms with Gasteiger partial charge in [0.25, 0.3) is 0 Å². The third-order valence-corrected chi connectivity index (χ3v) is 2.39. The zero-order valence-corrected chi connectivity index (χ0v) is 10.2. The van der Waals surface area contributed by atoms with Crippen molar-refractivity contribution in [1.82, 2.24) is 4.98 Å². The van der Waals surface area contributed by atoms with Crippen LogP contribution in [0.5, 0.6) is 0 Å². The van der Waals surface area contributed by atoms with Gasteiger partial charge in [0.05, 0.1) is 13.3 Å². The topological polar surface area (TPSA) is 51.2 Å². The Kier molecular flexibility index (Phi) is 6.04. The number of ether oxygens (including phenoxy) is 1. The van der Waals surface area contributed by atoms with Gasteiger partial charge in [-0.1, -0.05) is 6.42 Å². The molecule has 0 aliphatic rings. The zero-order valence-electron chi connectivity index (χ0n) is 10.2. The summed E-state index contributed by atoms with van der Waals surface area (Å²) in [5.41, 5.74) is 0. The van der Waals surface area contributed by atoms with Gasteiger partial charge in [0.15, 0.2) is 11.6 Å². The monoisotopic (exact) mass is 258 g/mol. The van der Waals surface area contributed by atoms with Crippen LogP contribution in [0.4, 0.5) is 14.6 Å². The molecule has 0 spiro atoms. The van der Waals surface area contributed by atoms with Crippen molar-refractivity contribution in [3.8, 4) is 0 Å². The predicted molar refractivity (Wildman–Crippen MR) is 63.1 cm³/mol. The van der Waals surface area contributed by atoms with E-state index < -0.39 is 11.6 Å². The van der Waals surface area contributed by atoms with Gasteiger partial charge >= 0.3 is 5.97 Å². The summed E-state index contributed by atoms with van der Waals surface area (Å²) in [5.74, 6) is -1.58. The van der Waals surface area contributed by atoms with E-state index in [0.29, 0.717) is 13.0 Å². The van der Waals surface area contributed by atoms with Gasteiger partial charge in [-0.2, -0.15) is 0 Å². The number of carbonyl (C=O) groups excluding carboxylic acids is 1. The highest BCUT2D eigenvalue weighted by molar-refractivity contribution is 5.68. The van der Waals surface area contributed by atoms with Gasteiger partial charge in [0.1, 0.15) is 5.82 Å². The number of methoxy groups -OCH3 is 1. The van der Waals surface area contributed by atoms with Crippen molar-refractivity contribution in [2.45, 2.75) is 25.7 Å². The van der Waals surface area contributed by atoms with Crippen LogP contribution >= 0.6 is 0 Å². The summed E-state index contributed by atoms with van der Waals surface area (Å²) < 4.78 is 30.2. The lowest BCUT2D eigenvalue weighted by atomic mass is 10.2. The van der Waals surface area contributed by atoms with Gasteiger partial charge in [0, 0.05) is 19.0 Å². The van der Waals surface area contributed by atoms with Crippen LogP contribution in [0.15, 0.2) is 12.3 Å². The molecule has 0 bridgehead atoms. The quantitative estimate of drug-likeness (QED) is 0.603. The first-order valence-corrected chi connectivity index (χ1v) is 5.75. The molecule has 0 aliphatic carbocycles. The van der Waals surface area contributed by atoms with Crippen molar-refractivity contribution in [3.05, 3.63) is 23.9 Å². The molecule has 0 radical (unpaired) electrons. The number of carbonyl (C=O) groups is 1. The minimum atomic E-state index is -0.704. The number of anilines is 1. The predicted octanol–water partition coefficient (Wildman–Crippen LogP) is 2.51. The molecule has 100 valence electrons. The number of halogens is 2. The van der Waals surface area contributed by atoms with Crippen LogP contribution in [0.3, 0.4) is 0 Å². The fourth-order valence-corrected chi connectivity index (χ4v) is 1.42. The molecule has 0 atom stereocenters. The lowest BCUT2D eigenvalue weighted by molar-refractivity contribution is -0.140. The molecule has 6 heteroatoms. The Labute approximate surface area is 104 Å². The molecule has 1 aromatic heterocycles. The lowest BCUT2D eigenvalue weighted by Crippen LogP contribution is -2.06. The lowest BCUT2D eigenvalue weighted by Gasteiger charge is -2.06. The van der Waals surface area contributed by atoms with Gasteiger partial charge in [0.2, 0.25) is 0 Å². The Morgan fingerprint density at radius 3 is 2.83 bits per heavy atom. The van der Waals surface area contributed by atoms with E-state index in [0.717, 1.165) is 31.5 Å². The van der Waals surface area contributed by atoms with Crippen LogP contribution < -0.4 is 5.32 Å². The van der Waals surface area contributed by atoms with Crippen LogP contribution in [-0.4, -0.2) is 24.6 Å². The molecule has 4 nitrogen and oxygen atoms in total. The minimum absolute atomic E-state index is 0.0457. The van der Waals surface area contributed by atoms with E-state index in [4.69, 9.17) is 0 Å². The van der Waals surface area contributed by atoms with Crippen LogP contribution in [-0.2, 0) is 9.53 Å². The van der Waals surface area contributed by atoms with Gasteiger partial charge in [-0.15, -0.1) is 0 Å². The average molecular weight is 258 g/mol. The number of unbranched alkanes of at least 4 members (excludes halogenated alkanes) is 2. The van der Waals surface area contributed by atoms with Gasteiger partial charge in [-0.05, 0) is 12.8 Å². The molecular formula is C12H16F2N2O2. The van der Waals surface area contributed by atoms with Crippen LogP contribution in [0.1, 0.15) is 25.7 Å². The molecule has 1 N–H and O–H groups in total. The molecule has 0 saturated carbocycles. The van der Waals surface area contributed by atoms with Crippen molar-refractivity contribution in [1.29, 1.82) is 0 Å². The molecule has 0 aromatic carbocycles. The second kappa shape index (κ2) is 7.58. The van der Waals surface area contributed by atoms with Gasteiger partial charge in [-0.3, -0.25) is 4.79 Å². The Balaban J connectivity index is 2.16. The number of nitrogens with zero attached hydrogens (tertiary/aromatic N) is 1. The summed E-state index contributed by atoms with van der Waals surface area (Å²) in [6.45, 7) is 0.525. The van der Waals surface area contributed by atoms with Crippen molar-refractivity contribution >= 4 is 11.8 Å². The summed E-state index contributed by atoms with van der Waals surface area (Å²) in [6, 6.07) is 0.784. The zero-order chi connectivity index (χ0) is 13.4. The third-order valence-electron chi connectivity index (χ3n) is 2.39. The third kappa shape index (κ3) is 5.07. The molecule has 0 fully saturated rings. The van der Waals surface area contributed by atoms with E-state index in [1.165, 1.54) is 7.11 Å². The van der Waals surface area contributed by atoms with Gasteiger partial charge in [-0.25, -0.2) is 13.8 Å². The van der Waals surface area contributed by atoms with Gasteiger partial charge < -0.3 is 10.1 Å². The fraction of sp³-hybridized carbons (Fsp3) is 0.500. The molecule has 0 amide bonds. The average Bonchev–Trinajstić information content (AvgIpc) is 2.35. The number of pyridine rings is 1. The van der Waals surface area contributed by atoms with E-state index >= 15 is 0 Å². The highest BCUT2D eigenvalue weighted by Crippen LogP contribution is 2.11. The van der Waals surface area contributed by atoms with Crippen LogP contribution in [0, 0.1) is 11.6 Å². The Bertz CT molecular complexity index is 400. The maximum absolute atomic E-state index is 13.2. The second-order valence-electron chi connectivity index (χ2n) is 3.80. The number of hydrogen-bond acceptors (Lipinski definition) is 4. The second-order valence-corrected chi connectivity index (χ2v) is 3.80. The summed E-state index contributed by atoms with van der Waals surface area (Å²) in [7, 11) is 1.35. The molecule has 0 aliphatic heterocycles. The van der Waals surface area contributed by atoms with E-state index in [1.807, 2.05) is 0 Å². The van der Waals surface area contributed by atoms with Crippen molar-refractivity contribution in [2.24, 2.45) is 0 Å². The number of nitrogens with one attached hydrogen (secondary N) is 1. The smallest absolute Gasteiger partial charge is 0.305 e. The molecule has 18 heavy (non-hydrogen) atoms. The number of hydrogen-bond donors (Lipinski definition) is 1. The normalized spacial score (nSPS) is 10.2. The first kappa shape index (κ1) is 14.3. The minimum Gasteiger partial charge on any atom is -0.469 e. The number of rotatable bonds is 7. The SMILES string of the molecule is COC(=O)CCCCCNc1ncc(F)cc1F. The highest BCUT2D eigenvalue weighted by atomic mass is 19.1. The summed E-state index contributed by atoms with van der Waals surface area (Å²) >= 11 is 0. The molecule has 0 saturated heterocycles. The first-order valence-electron chi connectivity index (χ1n) is 5.75. The molecule has 1 rings (SSSR count). The van der Waals surface area contributed by atoms with Crippen molar-refractivity contribution in [2.75, 3.05) is 19.0 Å². The maximum Gasteiger partial charge on any atom is 0.305 e. The summed E-state index contributed by atoms with van der Waals surface area (Å²) in [5, 5.41) is 2.77. The first-order chi connectivity index (χ1) is 8.63. The molecular weight excluding hydrogens is 242 g/mol. The van der Waals surface area contributed by atoms with Crippen LogP contribution in [0.25, 0.3) is 0 Å².